The first-order valence-electron chi connectivity index (χ1n) is 9.42. The van der Waals surface area contributed by atoms with Gasteiger partial charge in [-0.3, -0.25) is 19.4 Å². The van der Waals surface area contributed by atoms with Gasteiger partial charge in [0.1, 0.15) is 5.75 Å². The molecular formula is C23H21N3O4. The standard InChI is InChI=1S/C23H21N3O4/c1-2-21(27)16-6-8-20(9-7-16)30-15-22(28)25-19-5-3-4-17(14-19)23(29)26-18-10-12-24-13-11-18/h3-14H,2,15H2,1H3,(H,25,28)(H,24,26,29). The zero-order valence-corrected chi connectivity index (χ0v) is 16.4. The molecule has 3 aromatic rings. The predicted octanol–water partition coefficient (Wildman–Crippen LogP) is 3.94. The molecule has 3 rings (SSSR count). The second kappa shape index (κ2) is 9.97. The van der Waals surface area contributed by atoms with Crippen molar-refractivity contribution in [2.45, 2.75) is 13.3 Å². The molecule has 7 heteroatoms. The van der Waals surface area contributed by atoms with E-state index in [2.05, 4.69) is 15.6 Å². The van der Waals surface area contributed by atoms with Crippen LogP contribution in [0.25, 0.3) is 0 Å². The number of hydrogen-bond acceptors (Lipinski definition) is 5. The van der Waals surface area contributed by atoms with Gasteiger partial charge in [-0.25, -0.2) is 0 Å². The largest absolute Gasteiger partial charge is 0.484 e. The van der Waals surface area contributed by atoms with Crippen LogP contribution in [-0.2, 0) is 4.79 Å². The summed E-state index contributed by atoms with van der Waals surface area (Å²) in [7, 11) is 0. The first-order chi connectivity index (χ1) is 14.5. The fourth-order valence-electron chi connectivity index (χ4n) is 2.66. The maximum atomic E-state index is 12.4. The number of carbonyl (C=O) groups is 3. The molecule has 0 bridgehead atoms. The monoisotopic (exact) mass is 403 g/mol. The number of ether oxygens (including phenoxy) is 1. The van der Waals surface area contributed by atoms with Crippen molar-refractivity contribution in [1.82, 2.24) is 4.98 Å². The van der Waals surface area contributed by atoms with Gasteiger partial charge < -0.3 is 15.4 Å². The predicted molar refractivity (Wildman–Crippen MR) is 114 cm³/mol. The van der Waals surface area contributed by atoms with Crippen molar-refractivity contribution in [3.05, 3.63) is 84.2 Å². The van der Waals surface area contributed by atoms with Gasteiger partial charge >= 0.3 is 0 Å². The van der Waals surface area contributed by atoms with Gasteiger partial charge in [-0.15, -0.1) is 0 Å². The highest BCUT2D eigenvalue weighted by Gasteiger charge is 2.09. The third kappa shape index (κ3) is 5.75. The first-order valence-corrected chi connectivity index (χ1v) is 9.42. The Morgan fingerprint density at radius 2 is 1.60 bits per heavy atom. The van der Waals surface area contributed by atoms with E-state index in [9.17, 15) is 14.4 Å². The summed E-state index contributed by atoms with van der Waals surface area (Å²) in [6.07, 6.45) is 3.60. The minimum atomic E-state index is -0.365. The second-order valence-corrected chi connectivity index (χ2v) is 6.41. The Labute approximate surface area is 174 Å². The first kappa shape index (κ1) is 20.7. The molecule has 0 fully saturated rings. The second-order valence-electron chi connectivity index (χ2n) is 6.41. The molecule has 0 aliphatic carbocycles. The summed E-state index contributed by atoms with van der Waals surface area (Å²) in [5, 5.41) is 5.46. The average molecular weight is 403 g/mol. The van der Waals surface area contributed by atoms with Crippen LogP contribution in [0.15, 0.2) is 73.1 Å². The quantitative estimate of drug-likeness (QED) is 0.555. The molecule has 7 nitrogen and oxygen atoms in total. The minimum absolute atomic E-state index is 0.0483. The molecule has 0 radical (unpaired) electrons. The zero-order chi connectivity index (χ0) is 21.3. The van der Waals surface area contributed by atoms with Gasteiger partial charge in [-0.05, 0) is 54.6 Å². The average Bonchev–Trinajstić information content (AvgIpc) is 2.78. The van der Waals surface area contributed by atoms with E-state index in [1.165, 1.54) is 0 Å². The van der Waals surface area contributed by atoms with Gasteiger partial charge in [0.25, 0.3) is 11.8 Å². The Morgan fingerprint density at radius 3 is 2.30 bits per heavy atom. The van der Waals surface area contributed by atoms with Crippen molar-refractivity contribution in [2.24, 2.45) is 0 Å². The number of ketones is 1. The summed E-state index contributed by atoms with van der Waals surface area (Å²) in [5.74, 6) is -0.124. The number of amides is 2. The Kier molecular flexibility index (Phi) is 6.89. The lowest BCUT2D eigenvalue weighted by molar-refractivity contribution is -0.118. The molecule has 0 unspecified atom stereocenters. The van der Waals surface area contributed by atoms with Crippen molar-refractivity contribution in [2.75, 3.05) is 17.2 Å². The Balaban J connectivity index is 1.54. The normalized spacial score (nSPS) is 10.2. The molecule has 152 valence electrons. The summed E-state index contributed by atoms with van der Waals surface area (Å²) in [5.41, 5.74) is 2.12. The summed E-state index contributed by atoms with van der Waals surface area (Å²) >= 11 is 0. The van der Waals surface area contributed by atoms with E-state index >= 15 is 0 Å². The number of hydrogen-bond donors (Lipinski definition) is 2. The molecule has 0 saturated carbocycles. The van der Waals surface area contributed by atoms with Crippen LogP contribution in [0.5, 0.6) is 5.75 Å². The van der Waals surface area contributed by atoms with Crippen molar-refractivity contribution in [3.63, 3.8) is 0 Å². The minimum Gasteiger partial charge on any atom is -0.484 e. The third-order valence-electron chi connectivity index (χ3n) is 4.21. The van der Waals surface area contributed by atoms with E-state index in [0.717, 1.165) is 0 Å². The number of benzene rings is 2. The number of rotatable bonds is 8. The van der Waals surface area contributed by atoms with E-state index in [4.69, 9.17) is 4.74 Å². The zero-order valence-electron chi connectivity index (χ0n) is 16.4. The van der Waals surface area contributed by atoms with Gasteiger partial charge in [0.05, 0.1) is 0 Å². The Hall–Kier alpha value is -4.00. The lowest BCUT2D eigenvalue weighted by atomic mass is 10.1. The molecule has 0 spiro atoms. The van der Waals surface area contributed by atoms with Crippen LogP contribution in [0.2, 0.25) is 0 Å². The maximum absolute atomic E-state index is 12.4. The SMILES string of the molecule is CCC(=O)c1ccc(OCC(=O)Nc2cccc(C(=O)Nc3ccncc3)c2)cc1. The van der Waals surface area contributed by atoms with Gasteiger partial charge in [0, 0.05) is 41.3 Å². The van der Waals surface area contributed by atoms with Crippen LogP contribution in [0, 0.1) is 0 Å². The Bertz CT molecular complexity index is 1030. The number of anilines is 2. The van der Waals surface area contributed by atoms with E-state index in [1.807, 2.05) is 0 Å². The lowest BCUT2D eigenvalue weighted by Crippen LogP contribution is -2.20. The highest BCUT2D eigenvalue weighted by Crippen LogP contribution is 2.15. The molecule has 1 heterocycles. The molecule has 2 aromatic carbocycles. The van der Waals surface area contributed by atoms with Crippen molar-refractivity contribution in [1.29, 1.82) is 0 Å². The van der Waals surface area contributed by atoms with Gasteiger partial charge in [-0.2, -0.15) is 0 Å². The fourth-order valence-corrected chi connectivity index (χ4v) is 2.66. The van der Waals surface area contributed by atoms with Crippen LogP contribution >= 0.6 is 0 Å². The summed E-state index contributed by atoms with van der Waals surface area (Å²) < 4.78 is 5.46. The van der Waals surface area contributed by atoms with Crippen LogP contribution in [0.3, 0.4) is 0 Å². The number of nitrogens with zero attached hydrogens (tertiary/aromatic N) is 1. The van der Waals surface area contributed by atoms with Crippen LogP contribution in [-0.4, -0.2) is 29.2 Å². The number of carbonyl (C=O) groups excluding carboxylic acids is 3. The highest BCUT2D eigenvalue weighted by atomic mass is 16.5. The number of aromatic nitrogens is 1. The fraction of sp³-hybridized carbons (Fsp3) is 0.130. The van der Waals surface area contributed by atoms with Gasteiger partial charge in [-0.1, -0.05) is 13.0 Å². The van der Waals surface area contributed by atoms with Crippen LogP contribution < -0.4 is 15.4 Å². The molecule has 0 saturated heterocycles. The molecule has 1 aromatic heterocycles. The van der Waals surface area contributed by atoms with E-state index in [0.29, 0.717) is 34.7 Å². The molecular weight excluding hydrogens is 382 g/mol. The molecule has 30 heavy (non-hydrogen) atoms. The van der Waals surface area contributed by atoms with Gasteiger partial charge in [0.2, 0.25) is 0 Å². The molecule has 0 aliphatic heterocycles. The summed E-state index contributed by atoms with van der Waals surface area (Å²) in [6, 6.07) is 16.6. The maximum Gasteiger partial charge on any atom is 0.262 e. The van der Waals surface area contributed by atoms with E-state index in [-0.39, 0.29) is 24.2 Å². The van der Waals surface area contributed by atoms with Crippen molar-refractivity contribution >= 4 is 29.0 Å². The number of nitrogens with one attached hydrogen (secondary N) is 2. The molecule has 0 aliphatic rings. The lowest BCUT2D eigenvalue weighted by Gasteiger charge is -2.10. The smallest absolute Gasteiger partial charge is 0.262 e. The molecule has 0 atom stereocenters. The highest BCUT2D eigenvalue weighted by molar-refractivity contribution is 6.05. The molecule has 2 N–H and O–H groups in total. The number of pyridine rings is 1. The molecule has 2 amide bonds. The van der Waals surface area contributed by atoms with E-state index in [1.54, 1.807) is 80.0 Å². The van der Waals surface area contributed by atoms with E-state index < -0.39 is 0 Å². The Morgan fingerprint density at radius 1 is 0.867 bits per heavy atom. The van der Waals surface area contributed by atoms with Crippen molar-refractivity contribution in [3.8, 4) is 5.75 Å². The summed E-state index contributed by atoms with van der Waals surface area (Å²) in [6.45, 7) is 1.60. The van der Waals surface area contributed by atoms with Crippen LogP contribution in [0.1, 0.15) is 34.1 Å². The topological polar surface area (TPSA) is 97.4 Å². The van der Waals surface area contributed by atoms with Crippen molar-refractivity contribution < 1.29 is 19.1 Å². The third-order valence-corrected chi connectivity index (χ3v) is 4.21. The summed E-state index contributed by atoms with van der Waals surface area (Å²) in [4.78, 5) is 40.1. The van der Waals surface area contributed by atoms with Crippen LogP contribution in [0.4, 0.5) is 11.4 Å². The van der Waals surface area contributed by atoms with Gasteiger partial charge in [0.15, 0.2) is 12.4 Å². The number of Topliss-reactive ketones (excluding diaryl/α,β-unsaturated/α-hetero) is 1.